The summed E-state index contributed by atoms with van der Waals surface area (Å²) in [5.74, 6) is 0. The van der Waals surface area contributed by atoms with E-state index in [-0.39, 0.29) is 21.7 Å². The van der Waals surface area contributed by atoms with E-state index < -0.39 is 11.9 Å². The number of pyridine rings is 1. The summed E-state index contributed by atoms with van der Waals surface area (Å²) in [6, 6.07) is 7.65. The van der Waals surface area contributed by atoms with E-state index in [1.165, 1.54) is 30.5 Å². The van der Waals surface area contributed by atoms with Crippen molar-refractivity contribution in [3.8, 4) is 11.8 Å². The normalized spacial score (nSPS) is 11.7. The van der Waals surface area contributed by atoms with Gasteiger partial charge in [0.05, 0.1) is 27.7 Å². The van der Waals surface area contributed by atoms with E-state index >= 15 is 0 Å². The van der Waals surface area contributed by atoms with Crippen LogP contribution in [0.3, 0.4) is 0 Å². The summed E-state index contributed by atoms with van der Waals surface area (Å²) in [6.07, 6.45) is -3.22. The number of hydrogen-bond acceptors (Lipinski definition) is 3. The van der Waals surface area contributed by atoms with Crippen molar-refractivity contribution < 1.29 is 13.2 Å². The summed E-state index contributed by atoms with van der Waals surface area (Å²) in [5.41, 5.74) is -0.448. The zero-order valence-corrected chi connectivity index (χ0v) is 14.0. The molecule has 3 aromatic rings. The average Bonchev–Trinajstić information content (AvgIpc) is 2.88. The molecule has 0 aliphatic rings. The second kappa shape index (κ2) is 5.65. The fourth-order valence-electron chi connectivity index (χ4n) is 2.12. The van der Waals surface area contributed by atoms with Gasteiger partial charge in [-0.15, -0.1) is 0 Å². The van der Waals surface area contributed by atoms with Gasteiger partial charge in [0, 0.05) is 9.77 Å². The number of rotatable bonds is 1. The molecule has 3 rings (SSSR count). The highest BCUT2D eigenvalue weighted by atomic mass is 127. The van der Waals surface area contributed by atoms with Gasteiger partial charge in [0.15, 0.2) is 11.3 Å². The van der Waals surface area contributed by atoms with Crippen molar-refractivity contribution in [2.24, 2.45) is 0 Å². The third-order valence-electron chi connectivity index (χ3n) is 3.09. The van der Waals surface area contributed by atoms with Gasteiger partial charge in [0.2, 0.25) is 0 Å². The zero-order chi connectivity index (χ0) is 16.8. The molecule has 0 radical (unpaired) electrons. The van der Waals surface area contributed by atoms with E-state index in [0.717, 1.165) is 4.68 Å². The Morgan fingerprint density at radius 1 is 1.26 bits per heavy atom. The Balaban J connectivity index is 2.36. The first-order valence-electron chi connectivity index (χ1n) is 6.13. The van der Waals surface area contributed by atoms with Crippen molar-refractivity contribution in [2.45, 2.75) is 6.18 Å². The molecular weight excluding hydrogens is 444 g/mol. The van der Waals surface area contributed by atoms with Crippen molar-refractivity contribution in [3.63, 3.8) is 0 Å². The number of alkyl halides is 3. The Morgan fingerprint density at radius 2 is 2.00 bits per heavy atom. The summed E-state index contributed by atoms with van der Waals surface area (Å²) in [7, 11) is 0. The van der Waals surface area contributed by atoms with E-state index in [2.05, 4.69) is 10.1 Å². The van der Waals surface area contributed by atoms with Gasteiger partial charge in [-0.25, -0.2) is 9.67 Å². The molecule has 0 aliphatic carbocycles. The van der Waals surface area contributed by atoms with Gasteiger partial charge in [-0.3, -0.25) is 0 Å². The predicted octanol–water partition coefficient (Wildman–Crippen LogP) is 4.57. The van der Waals surface area contributed by atoms with E-state index in [1.807, 2.05) is 28.7 Å². The molecule has 4 nitrogen and oxygen atoms in total. The molecule has 0 saturated carbocycles. The lowest BCUT2D eigenvalue weighted by Gasteiger charge is -2.05. The molecule has 0 fully saturated rings. The molecule has 9 heteroatoms. The van der Waals surface area contributed by atoms with E-state index in [1.54, 1.807) is 0 Å². The summed E-state index contributed by atoms with van der Waals surface area (Å²) >= 11 is 7.89. The number of benzene rings is 1. The van der Waals surface area contributed by atoms with Crippen molar-refractivity contribution >= 4 is 45.2 Å². The molecule has 1 aromatic carbocycles. The monoisotopic (exact) mass is 448 g/mol. The molecule has 0 atom stereocenters. The zero-order valence-electron chi connectivity index (χ0n) is 11.1. The number of nitrogens with zero attached hydrogens (tertiary/aromatic N) is 4. The molecule has 2 heterocycles. The highest BCUT2D eigenvalue weighted by Crippen LogP contribution is 2.37. The lowest BCUT2D eigenvalue weighted by atomic mass is 10.2. The number of nitriles is 1. The molecule has 0 saturated heterocycles. The molecule has 0 spiro atoms. The van der Waals surface area contributed by atoms with Crippen LogP contribution in [-0.2, 0) is 6.18 Å². The van der Waals surface area contributed by atoms with Crippen LogP contribution in [0.4, 0.5) is 13.2 Å². The number of aromatic nitrogens is 3. The minimum Gasteiger partial charge on any atom is -0.236 e. The molecule has 23 heavy (non-hydrogen) atoms. The molecular formula is C14H5ClF3IN4. The average molecular weight is 449 g/mol. The van der Waals surface area contributed by atoms with E-state index in [9.17, 15) is 13.2 Å². The van der Waals surface area contributed by atoms with Gasteiger partial charge in [0.1, 0.15) is 0 Å². The van der Waals surface area contributed by atoms with Gasteiger partial charge in [-0.1, -0.05) is 11.6 Å². The Hall–Kier alpha value is -1.86. The summed E-state index contributed by atoms with van der Waals surface area (Å²) in [4.78, 5) is 4.01. The Bertz CT molecular complexity index is 959. The molecule has 0 amide bonds. The van der Waals surface area contributed by atoms with Crippen LogP contribution in [0.5, 0.6) is 0 Å². The van der Waals surface area contributed by atoms with Crippen LogP contribution in [0.1, 0.15) is 11.3 Å². The van der Waals surface area contributed by atoms with Gasteiger partial charge in [-0.2, -0.15) is 23.5 Å². The maximum Gasteiger partial charge on any atom is 0.435 e. The summed E-state index contributed by atoms with van der Waals surface area (Å²) in [5, 5.41) is 12.5. The Kier molecular flexibility index (Phi) is 3.93. The first-order valence-corrected chi connectivity index (χ1v) is 7.59. The smallest absolute Gasteiger partial charge is 0.236 e. The Labute approximate surface area is 146 Å². The van der Waals surface area contributed by atoms with Crippen LogP contribution in [0.15, 0.2) is 30.5 Å². The van der Waals surface area contributed by atoms with Gasteiger partial charge >= 0.3 is 6.18 Å². The first-order chi connectivity index (χ1) is 10.8. The van der Waals surface area contributed by atoms with Crippen LogP contribution in [0, 0.1) is 14.9 Å². The van der Waals surface area contributed by atoms with Crippen LogP contribution in [-0.4, -0.2) is 14.8 Å². The summed E-state index contributed by atoms with van der Waals surface area (Å²) in [6.45, 7) is 0. The van der Waals surface area contributed by atoms with Crippen molar-refractivity contribution in [3.05, 3.63) is 50.3 Å². The number of halogens is 5. The van der Waals surface area contributed by atoms with Gasteiger partial charge < -0.3 is 0 Å². The highest BCUT2D eigenvalue weighted by Gasteiger charge is 2.38. The highest BCUT2D eigenvalue weighted by molar-refractivity contribution is 14.1. The minimum atomic E-state index is -4.62. The molecule has 0 aliphatic heterocycles. The third-order valence-corrected chi connectivity index (χ3v) is 4.29. The fourth-order valence-corrected chi connectivity index (χ4v) is 3.04. The van der Waals surface area contributed by atoms with Crippen molar-refractivity contribution in [2.75, 3.05) is 0 Å². The second-order valence-corrected chi connectivity index (χ2v) is 6.10. The largest absolute Gasteiger partial charge is 0.435 e. The molecule has 0 N–H and O–H groups in total. The minimum absolute atomic E-state index is 0.0517. The maximum absolute atomic E-state index is 13.3. The van der Waals surface area contributed by atoms with Crippen LogP contribution >= 0.6 is 34.2 Å². The van der Waals surface area contributed by atoms with Gasteiger partial charge in [-0.05, 0) is 46.9 Å². The number of hydrogen-bond donors (Lipinski definition) is 0. The van der Waals surface area contributed by atoms with Gasteiger partial charge in [0.25, 0.3) is 0 Å². The lowest BCUT2D eigenvalue weighted by molar-refractivity contribution is -0.140. The summed E-state index contributed by atoms with van der Waals surface area (Å²) < 4.78 is 41.2. The molecule has 0 bridgehead atoms. The van der Waals surface area contributed by atoms with E-state index in [0.29, 0.717) is 9.13 Å². The van der Waals surface area contributed by atoms with Crippen LogP contribution in [0.2, 0.25) is 5.02 Å². The quantitative estimate of drug-likeness (QED) is 0.513. The maximum atomic E-state index is 13.3. The van der Waals surface area contributed by atoms with Crippen molar-refractivity contribution in [1.29, 1.82) is 5.26 Å². The second-order valence-electron chi connectivity index (χ2n) is 4.53. The predicted molar refractivity (Wildman–Crippen MR) is 86.3 cm³/mol. The third kappa shape index (κ3) is 2.74. The fraction of sp³-hybridized carbons (Fsp3) is 0.0714. The SMILES string of the molecule is N#Cc1ccc(-n2nc(C(F)(F)F)c3c(I)ccnc32)c(Cl)c1. The van der Waals surface area contributed by atoms with Crippen LogP contribution < -0.4 is 0 Å². The Morgan fingerprint density at radius 3 is 2.61 bits per heavy atom. The topological polar surface area (TPSA) is 54.5 Å². The standard InChI is InChI=1S/C14H5ClF3IN4/c15-8-5-7(6-20)1-2-10(8)23-13-11(9(19)3-4-21-13)12(22-23)14(16,17)18/h1-5H. The first kappa shape index (κ1) is 16.0. The van der Waals surface area contributed by atoms with Crippen molar-refractivity contribution in [1.82, 2.24) is 14.8 Å². The number of fused-ring (bicyclic) bond motifs is 1. The molecule has 116 valence electrons. The molecule has 2 aromatic heterocycles. The molecule has 0 unspecified atom stereocenters. The van der Waals surface area contributed by atoms with Crippen LogP contribution in [0.25, 0.3) is 16.7 Å². The van der Waals surface area contributed by atoms with E-state index in [4.69, 9.17) is 16.9 Å². The lowest BCUT2D eigenvalue weighted by Crippen LogP contribution is -2.08.